The number of methoxy groups -OCH3 is 1. The number of amides is 1. The van der Waals surface area contributed by atoms with Crippen LogP contribution in [0.4, 0.5) is 0 Å². The summed E-state index contributed by atoms with van der Waals surface area (Å²) in [5.74, 6) is -0.130. The third-order valence-electron chi connectivity index (χ3n) is 3.39. The van der Waals surface area contributed by atoms with Gasteiger partial charge >= 0.3 is 0 Å². The number of H-pyrrole nitrogens is 1. The van der Waals surface area contributed by atoms with Crippen LogP contribution in [-0.2, 0) is 4.74 Å². The molecule has 0 saturated carbocycles. The van der Waals surface area contributed by atoms with E-state index in [1.165, 1.54) is 12.1 Å². The Hall–Kier alpha value is -1.73. The first kappa shape index (κ1) is 14.7. The molecule has 1 aliphatic rings. The monoisotopic (exact) mass is 280 g/mol. The molecule has 1 amide bonds. The lowest BCUT2D eigenvalue weighted by atomic mass is 10.3. The van der Waals surface area contributed by atoms with Crippen LogP contribution in [0.1, 0.15) is 16.9 Å². The number of hydrogen-bond donors (Lipinski definition) is 1. The van der Waals surface area contributed by atoms with Crippen molar-refractivity contribution < 1.29 is 9.53 Å². The van der Waals surface area contributed by atoms with Gasteiger partial charge in [-0.25, -0.2) is 5.10 Å². The van der Waals surface area contributed by atoms with Crippen molar-refractivity contribution >= 4 is 5.91 Å². The molecular formula is C13H20N4O3. The van der Waals surface area contributed by atoms with Gasteiger partial charge in [0.1, 0.15) is 5.69 Å². The Balaban J connectivity index is 1.94. The predicted octanol–water partition coefficient (Wildman–Crippen LogP) is -0.436. The second-order valence-corrected chi connectivity index (χ2v) is 4.79. The van der Waals surface area contributed by atoms with E-state index in [4.69, 9.17) is 4.74 Å². The first-order valence-electron chi connectivity index (χ1n) is 6.77. The van der Waals surface area contributed by atoms with Crippen molar-refractivity contribution in [1.82, 2.24) is 20.0 Å². The molecule has 0 bridgehead atoms. The van der Waals surface area contributed by atoms with Crippen molar-refractivity contribution in [2.45, 2.75) is 6.42 Å². The van der Waals surface area contributed by atoms with Gasteiger partial charge in [0.2, 0.25) is 0 Å². The van der Waals surface area contributed by atoms with Gasteiger partial charge in [-0.15, -0.1) is 0 Å². The number of hydrogen-bond acceptors (Lipinski definition) is 5. The average Bonchev–Trinajstić information content (AvgIpc) is 2.70. The van der Waals surface area contributed by atoms with Crippen molar-refractivity contribution in [3.63, 3.8) is 0 Å². The molecule has 0 atom stereocenters. The highest BCUT2D eigenvalue weighted by atomic mass is 16.5. The molecule has 7 nitrogen and oxygen atoms in total. The Labute approximate surface area is 117 Å². The molecule has 1 saturated heterocycles. The van der Waals surface area contributed by atoms with Crippen molar-refractivity contribution in [2.75, 3.05) is 46.4 Å². The molecule has 0 aromatic carbocycles. The molecule has 1 fully saturated rings. The number of carbonyl (C=O) groups is 1. The van der Waals surface area contributed by atoms with Crippen molar-refractivity contribution in [1.29, 1.82) is 0 Å². The summed E-state index contributed by atoms with van der Waals surface area (Å²) in [5, 5.41) is 6.08. The normalized spacial score (nSPS) is 16.9. The second-order valence-electron chi connectivity index (χ2n) is 4.79. The van der Waals surface area contributed by atoms with Crippen LogP contribution in [0.2, 0.25) is 0 Å². The van der Waals surface area contributed by atoms with Gasteiger partial charge in [0.15, 0.2) is 0 Å². The zero-order valence-electron chi connectivity index (χ0n) is 11.7. The number of nitrogens with zero attached hydrogens (tertiary/aromatic N) is 3. The molecule has 2 heterocycles. The molecular weight excluding hydrogens is 260 g/mol. The van der Waals surface area contributed by atoms with Gasteiger partial charge in [-0.05, 0) is 19.0 Å². The van der Waals surface area contributed by atoms with Crippen molar-refractivity contribution in [2.24, 2.45) is 0 Å². The number of ether oxygens (including phenoxy) is 1. The van der Waals surface area contributed by atoms with E-state index in [2.05, 4.69) is 15.1 Å². The van der Waals surface area contributed by atoms with Crippen molar-refractivity contribution in [3.05, 3.63) is 28.2 Å². The lowest BCUT2D eigenvalue weighted by molar-refractivity contribution is 0.0752. The molecule has 110 valence electrons. The molecule has 2 rings (SSSR count). The smallest absolute Gasteiger partial charge is 0.274 e. The Morgan fingerprint density at radius 2 is 2.20 bits per heavy atom. The van der Waals surface area contributed by atoms with Gasteiger partial charge in [0.05, 0.1) is 6.61 Å². The van der Waals surface area contributed by atoms with Crippen LogP contribution in [0.3, 0.4) is 0 Å². The third-order valence-corrected chi connectivity index (χ3v) is 3.39. The fourth-order valence-corrected chi connectivity index (χ4v) is 2.24. The van der Waals surface area contributed by atoms with Gasteiger partial charge < -0.3 is 9.64 Å². The first-order chi connectivity index (χ1) is 9.70. The highest BCUT2D eigenvalue weighted by Gasteiger charge is 2.21. The van der Waals surface area contributed by atoms with Crippen LogP contribution >= 0.6 is 0 Å². The number of aromatic amines is 1. The summed E-state index contributed by atoms with van der Waals surface area (Å²) in [6.45, 7) is 4.77. The Kier molecular flexibility index (Phi) is 5.25. The summed E-state index contributed by atoms with van der Waals surface area (Å²) < 4.78 is 5.07. The zero-order chi connectivity index (χ0) is 14.4. The highest BCUT2D eigenvalue weighted by Crippen LogP contribution is 2.06. The maximum atomic E-state index is 12.3. The number of rotatable bonds is 4. The molecule has 20 heavy (non-hydrogen) atoms. The molecule has 0 aliphatic carbocycles. The fourth-order valence-electron chi connectivity index (χ4n) is 2.24. The summed E-state index contributed by atoms with van der Waals surface area (Å²) in [7, 11) is 1.69. The lowest BCUT2D eigenvalue weighted by Crippen LogP contribution is -2.36. The molecule has 1 aliphatic heterocycles. The van der Waals surface area contributed by atoms with Crippen molar-refractivity contribution in [3.8, 4) is 0 Å². The first-order valence-corrected chi connectivity index (χ1v) is 6.77. The minimum atomic E-state index is -0.303. The molecule has 7 heteroatoms. The second kappa shape index (κ2) is 7.16. The summed E-state index contributed by atoms with van der Waals surface area (Å²) in [4.78, 5) is 27.3. The van der Waals surface area contributed by atoms with E-state index in [1.54, 1.807) is 12.0 Å². The Bertz CT molecular complexity index is 482. The molecule has 0 spiro atoms. The topological polar surface area (TPSA) is 78.5 Å². The van der Waals surface area contributed by atoms with Crippen LogP contribution in [0, 0.1) is 0 Å². The van der Waals surface area contributed by atoms with E-state index in [1.807, 2.05) is 0 Å². The van der Waals surface area contributed by atoms with E-state index in [0.29, 0.717) is 19.7 Å². The molecule has 1 aromatic rings. The van der Waals surface area contributed by atoms with E-state index >= 15 is 0 Å². The lowest BCUT2D eigenvalue weighted by Gasteiger charge is -2.21. The maximum Gasteiger partial charge on any atom is 0.274 e. The highest BCUT2D eigenvalue weighted by molar-refractivity contribution is 5.92. The number of aromatic nitrogens is 2. The van der Waals surface area contributed by atoms with Crippen LogP contribution in [-0.4, -0.2) is 72.3 Å². The zero-order valence-corrected chi connectivity index (χ0v) is 11.7. The van der Waals surface area contributed by atoms with E-state index in [9.17, 15) is 9.59 Å². The number of carbonyl (C=O) groups excluding carboxylic acids is 1. The van der Waals surface area contributed by atoms with Crippen LogP contribution in [0.25, 0.3) is 0 Å². The summed E-state index contributed by atoms with van der Waals surface area (Å²) in [6.07, 6.45) is 0.929. The third kappa shape index (κ3) is 3.88. The van der Waals surface area contributed by atoms with Gasteiger partial charge in [0.25, 0.3) is 11.5 Å². The van der Waals surface area contributed by atoms with Crippen LogP contribution < -0.4 is 5.56 Å². The fraction of sp³-hybridized carbons (Fsp3) is 0.615. The largest absolute Gasteiger partial charge is 0.383 e. The molecule has 1 aromatic heterocycles. The van der Waals surface area contributed by atoms with Crippen LogP contribution in [0.15, 0.2) is 16.9 Å². The van der Waals surface area contributed by atoms with Gasteiger partial charge in [-0.2, -0.15) is 5.10 Å². The van der Waals surface area contributed by atoms with Gasteiger partial charge in [0, 0.05) is 39.4 Å². The Morgan fingerprint density at radius 3 is 2.90 bits per heavy atom. The SMILES string of the molecule is COCCN1CCCN(C(=O)c2ccc(=O)[nH]n2)CC1. The van der Waals surface area contributed by atoms with E-state index in [-0.39, 0.29) is 17.2 Å². The predicted molar refractivity (Wildman–Crippen MR) is 73.7 cm³/mol. The standard InChI is InChI=1S/C13H20N4O3/c1-20-10-9-16-5-2-6-17(8-7-16)13(19)11-3-4-12(18)15-14-11/h3-4H,2,5-10H2,1H3,(H,15,18). The average molecular weight is 280 g/mol. The molecule has 1 N–H and O–H groups in total. The quantitative estimate of drug-likeness (QED) is 0.809. The molecule has 0 radical (unpaired) electrons. The summed E-state index contributed by atoms with van der Waals surface area (Å²) in [5.41, 5.74) is -0.0156. The number of nitrogens with one attached hydrogen (secondary N) is 1. The van der Waals surface area contributed by atoms with E-state index in [0.717, 1.165) is 26.1 Å². The minimum Gasteiger partial charge on any atom is -0.383 e. The Morgan fingerprint density at radius 1 is 1.35 bits per heavy atom. The summed E-state index contributed by atoms with van der Waals surface area (Å²) in [6, 6.07) is 2.79. The van der Waals surface area contributed by atoms with Gasteiger partial charge in [-0.1, -0.05) is 0 Å². The summed E-state index contributed by atoms with van der Waals surface area (Å²) >= 11 is 0. The minimum absolute atomic E-state index is 0.130. The van der Waals surface area contributed by atoms with Crippen LogP contribution in [0.5, 0.6) is 0 Å². The maximum absolute atomic E-state index is 12.3. The van der Waals surface area contributed by atoms with E-state index < -0.39 is 0 Å². The van der Waals surface area contributed by atoms with Gasteiger partial charge in [-0.3, -0.25) is 14.5 Å². The molecule has 0 unspecified atom stereocenters.